The second kappa shape index (κ2) is 10.6. The van der Waals surface area contributed by atoms with Gasteiger partial charge in [-0.1, -0.05) is 69.5 Å². The van der Waals surface area contributed by atoms with E-state index in [1.165, 1.54) is 4.90 Å². The van der Waals surface area contributed by atoms with Crippen molar-refractivity contribution in [3.05, 3.63) is 86.6 Å². The Bertz CT molecular complexity index is 1530. The Morgan fingerprint density at radius 2 is 1.89 bits per heavy atom. The van der Waals surface area contributed by atoms with E-state index in [0.29, 0.717) is 5.56 Å². The first-order chi connectivity index (χ1) is 16.9. The quantitative estimate of drug-likeness (QED) is 0.371. The molecule has 3 aromatic rings. The van der Waals surface area contributed by atoms with E-state index >= 15 is 0 Å². The minimum Gasteiger partial charge on any atom is -0.329 e. The number of amides is 1. The van der Waals surface area contributed by atoms with Crippen LogP contribution in [0.25, 0.3) is 0 Å². The number of rotatable bonds is 7. The second-order valence-corrected chi connectivity index (χ2v) is 14.2. The van der Waals surface area contributed by atoms with Gasteiger partial charge in [0.2, 0.25) is 15.0 Å². The normalized spacial score (nSPS) is 17.1. The number of sulfone groups is 2. The number of aromatic nitrogens is 2. The molecule has 1 aliphatic rings. The summed E-state index contributed by atoms with van der Waals surface area (Å²) in [7, 11) is -7.29. The van der Waals surface area contributed by atoms with Crippen LogP contribution in [0, 0.1) is 6.92 Å². The van der Waals surface area contributed by atoms with Crippen LogP contribution in [0.2, 0.25) is 5.02 Å². The van der Waals surface area contributed by atoms with Crippen molar-refractivity contribution >= 4 is 53.1 Å². The summed E-state index contributed by atoms with van der Waals surface area (Å²) in [5, 5.41) is -0.632. The lowest BCUT2D eigenvalue weighted by Crippen LogP contribution is -2.41. The zero-order chi connectivity index (χ0) is 26.1. The maximum Gasteiger partial charge on any atom is 0.274 e. The van der Waals surface area contributed by atoms with Crippen LogP contribution in [0.5, 0.6) is 0 Å². The topological polar surface area (TPSA) is 114 Å². The number of nitrogens with zero attached hydrogens (tertiary/aromatic N) is 3. The molecule has 0 N–H and O–H groups in total. The summed E-state index contributed by atoms with van der Waals surface area (Å²) in [6, 6.07) is 13.7. The maximum atomic E-state index is 13.7. The molecule has 190 valence electrons. The van der Waals surface area contributed by atoms with Crippen LogP contribution in [0.1, 0.15) is 33.6 Å². The first kappa shape index (κ1) is 26.7. The van der Waals surface area contributed by atoms with Gasteiger partial charge in [-0.2, -0.15) is 0 Å². The lowest BCUT2D eigenvalue weighted by molar-refractivity contribution is 0.0674. The average molecular weight is 613 g/mol. The van der Waals surface area contributed by atoms with Crippen molar-refractivity contribution in [2.24, 2.45) is 0 Å². The highest BCUT2D eigenvalue weighted by Gasteiger charge is 2.36. The largest absolute Gasteiger partial charge is 0.329 e. The van der Waals surface area contributed by atoms with Crippen molar-refractivity contribution in [1.82, 2.24) is 14.9 Å². The standard InChI is InChI=1S/C24H23BrClN3O5S2/c1-16-4-2-6-18(10-16)14-36(33,34)24-27-12-21(26)22(28-24)23(30)29(20-8-9-35(31,32)15-20)13-17-5-3-7-19(25)11-17/h2-7,10-12,20H,8-9,13-15H2,1H3. The molecular weight excluding hydrogens is 590 g/mol. The Morgan fingerprint density at radius 1 is 1.17 bits per heavy atom. The predicted molar refractivity (Wildman–Crippen MR) is 140 cm³/mol. The fraction of sp³-hybridized carbons (Fsp3) is 0.292. The highest BCUT2D eigenvalue weighted by atomic mass is 79.9. The average Bonchev–Trinajstić information content (AvgIpc) is 3.16. The van der Waals surface area contributed by atoms with Crippen molar-refractivity contribution < 1.29 is 21.6 Å². The van der Waals surface area contributed by atoms with E-state index in [1.807, 2.05) is 31.2 Å². The van der Waals surface area contributed by atoms with E-state index in [0.717, 1.165) is 21.8 Å². The number of hydrogen-bond acceptors (Lipinski definition) is 7. The molecule has 1 aromatic heterocycles. The summed E-state index contributed by atoms with van der Waals surface area (Å²) in [5.41, 5.74) is 1.95. The Kier molecular flexibility index (Phi) is 7.84. The zero-order valence-electron chi connectivity index (χ0n) is 19.3. The lowest BCUT2D eigenvalue weighted by atomic mass is 10.1. The first-order valence-electron chi connectivity index (χ1n) is 11.0. The van der Waals surface area contributed by atoms with Crippen LogP contribution in [-0.2, 0) is 32.0 Å². The van der Waals surface area contributed by atoms with Crippen LogP contribution >= 0.6 is 27.5 Å². The van der Waals surface area contributed by atoms with Crippen molar-refractivity contribution in [3.63, 3.8) is 0 Å². The van der Waals surface area contributed by atoms with Crippen LogP contribution in [0.4, 0.5) is 0 Å². The molecule has 2 heterocycles. The monoisotopic (exact) mass is 611 g/mol. The molecule has 4 rings (SSSR count). The van der Waals surface area contributed by atoms with Gasteiger partial charge in [-0.25, -0.2) is 26.8 Å². The van der Waals surface area contributed by atoms with Crippen LogP contribution in [0.3, 0.4) is 0 Å². The molecule has 0 saturated carbocycles. The van der Waals surface area contributed by atoms with Gasteiger partial charge in [-0.3, -0.25) is 4.79 Å². The number of hydrogen-bond donors (Lipinski definition) is 0. The molecule has 1 amide bonds. The molecule has 1 atom stereocenters. The van der Waals surface area contributed by atoms with E-state index in [4.69, 9.17) is 11.6 Å². The van der Waals surface area contributed by atoms with Gasteiger partial charge in [0.05, 0.1) is 28.5 Å². The molecule has 0 bridgehead atoms. The van der Waals surface area contributed by atoms with Crippen molar-refractivity contribution in [1.29, 1.82) is 0 Å². The third kappa shape index (κ3) is 6.31. The van der Waals surface area contributed by atoms with Crippen molar-refractivity contribution in [2.45, 2.75) is 36.8 Å². The van der Waals surface area contributed by atoms with Crippen LogP contribution < -0.4 is 0 Å². The summed E-state index contributed by atoms with van der Waals surface area (Å²) < 4.78 is 51.3. The molecule has 2 aromatic carbocycles. The summed E-state index contributed by atoms with van der Waals surface area (Å²) in [4.78, 5) is 23.0. The minimum absolute atomic E-state index is 0.0342. The minimum atomic E-state index is -3.98. The van der Waals surface area contributed by atoms with Gasteiger partial charge in [0, 0.05) is 17.1 Å². The van der Waals surface area contributed by atoms with E-state index in [-0.39, 0.29) is 40.9 Å². The van der Waals surface area contributed by atoms with E-state index < -0.39 is 36.8 Å². The Morgan fingerprint density at radius 3 is 2.56 bits per heavy atom. The number of benzene rings is 2. The summed E-state index contributed by atoms with van der Waals surface area (Å²) >= 11 is 9.67. The molecule has 36 heavy (non-hydrogen) atoms. The summed E-state index contributed by atoms with van der Waals surface area (Å²) in [6.07, 6.45) is 1.36. The van der Waals surface area contributed by atoms with Crippen molar-refractivity contribution in [3.8, 4) is 0 Å². The molecule has 0 aliphatic carbocycles. The molecule has 1 unspecified atom stereocenters. The molecule has 1 saturated heterocycles. The summed E-state index contributed by atoms with van der Waals surface area (Å²) in [5.74, 6) is -1.22. The smallest absolute Gasteiger partial charge is 0.274 e. The lowest BCUT2D eigenvalue weighted by Gasteiger charge is -2.28. The third-order valence-corrected chi connectivity index (χ3v) is 9.78. The summed E-state index contributed by atoms with van der Waals surface area (Å²) in [6.45, 7) is 1.96. The molecule has 12 heteroatoms. The Hall–Kier alpha value is -2.34. The molecule has 8 nitrogen and oxygen atoms in total. The van der Waals surface area contributed by atoms with Crippen LogP contribution in [0.15, 0.2) is 64.4 Å². The number of carbonyl (C=O) groups excluding carboxylic acids is 1. The molecule has 0 radical (unpaired) electrons. The van der Waals surface area contributed by atoms with Crippen LogP contribution in [-0.4, -0.2) is 55.2 Å². The second-order valence-electron chi connectivity index (χ2n) is 8.72. The first-order valence-corrected chi connectivity index (χ1v) is 15.6. The van der Waals surface area contributed by atoms with Gasteiger partial charge in [0.25, 0.3) is 5.91 Å². The predicted octanol–water partition coefficient (Wildman–Crippen LogP) is 4.00. The van der Waals surface area contributed by atoms with E-state index in [9.17, 15) is 21.6 Å². The van der Waals surface area contributed by atoms with Gasteiger partial charge < -0.3 is 4.90 Å². The van der Waals surface area contributed by atoms with E-state index in [1.54, 1.807) is 24.3 Å². The zero-order valence-corrected chi connectivity index (χ0v) is 23.2. The number of carbonyl (C=O) groups is 1. The fourth-order valence-corrected chi connectivity index (χ4v) is 7.63. The highest BCUT2D eigenvalue weighted by molar-refractivity contribution is 9.10. The highest BCUT2D eigenvalue weighted by Crippen LogP contribution is 2.26. The molecular formula is C24H23BrClN3O5S2. The van der Waals surface area contributed by atoms with Gasteiger partial charge in [-0.05, 0) is 36.6 Å². The fourth-order valence-electron chi connectivity index (χ4n) is 4.09. The third-order valence-electron chi connectivity index (χ3n) is 5.79. The van der Waals surface area contributed by atoms with Crippen molar-refractivity contribution in [2.75, 3.05) is 11.5 Å². The van der Waals surface area contributed by atoms with Gasteiger partial charge >= 0.3 is 0 Å². The Labute approximate surface area is 223 Å². The molecule has 1 fully saturated rings. The van der Waals surface area contributed by atoms with Gasteiger partial charge in [0.1, 0.15) is 0 Å². The van der Waals surface area contributed by atoms with Gasteiger partial charge in [-0.15, -0.1) is 0 Å². The number of halogens is 2. The number of aryl methyl sites for hydroxylation is 1. The van der Waals surface area contributed by atoms with E-state index in [2.05, 4.69) is 25.9 Å². The Balaban J connectivity index is 1.69. The molecule has 1 aliphatic heterocycles. The molecule has 0 spiro atoms. The SMILES string of the molecule is Cc1cccc(CS(=O)(=O)c2ncc(Cl)c(C(=O)N(Cc3cccc(Br)c3)C3CCS(=O)(=O)C3)n2)c1. The maximum absolute atomic E-state index is 13.7. The van der Waals surface area contributed by atoms with Gasteiger partial charge in [0.15, 0.2) is 15.5 Å².